The van der Waals surface area contributed by atoms with Crippen molar-refractivity contribution in [1.82, 2.24) is 9.97 Å². The molecule has 2 N–H and O–H groups in total. The van der Waals surface area contributed by atoms with E-state index in [0.717, 1.165) is 0 Å². The van der Waals surface area contributed by atoms with Crippen LogP contribution in [0.15, 0.2) is 6.20 Å². The molecule has 0 saturated carbocycles. The molecule has 4 heteroatoms. The second-order valence-electron chi connectivity index (χ2n) is 1.80. The number of nitrogen functional groups attached to an aromatic ring is 1. The van der Waals surface area contributed by atoms with Gasteiger partial charge in [-0.15, -0.1) is 0 Å². The van der Waals surface area contributed by atoms with Gasteiger partial charge in [-0.2, -0.15) is 0 Å². The van der Waals surface area contributed by atoms with Gasteiger partial charge in [0.05, 0.1) is 6.57 Å². The number of nitrogens with two attached hydrogens (primary N) is 1. The maximum Gasteiger partial charge on any atom is 0.245 e. The maximum atomic E-state index is 6.62. The molecule has 1 aromatic heterocycles. The molecule has 1 heterocycles. The molecule has 0 radical (unpaired) electrons. The Morgan fingerprint density at radius 2 is 2.40 bits per heavy atom. The standard InChI is InChI=1S/C6H6N4/c1-4-9-3-5(8-2)6(7)10-4/h3H,1H3,(H2,7,9,10). The summed E-state index contributed by atoms with van der Waals surface area (Å²) in [5, 5.41) is 0. The minimum Gasteiger partial charge on any atom is -0.392 e. The average Bonchev–Trinajstić information content (AvgIpc) is 1.88. The van der Waals surface area contributed by atoms with Gasteiger partial charge in [-0.25, -0.2) is 9.83 Å². The molecule has 0 aliphatic heterocycles. The van der Waals surface area contributed by atoms with Crippen molar-refractivity contribution in [3.63, 3.8) is 0 Å². The van der Waals surface area contributed by atoms with Crippen LogP contribution in [0.1, 0.15) is 5.82 Å². The van der Waals surface area contributed by atoms with Gasteiger partial charge < -0.3 is 5.73 Å². The van der Waals surface area contributed by atoms with Crippen LogP contribution >= 0.6 is 0 Å². The fraction of sp³-hybridized carbons (Fsp3) is 0.167. The number of aryl methyl sites for hydroxylation is 1. The Labute approximate surface area is 58.5 Å². The highest BCUT2D eigenvalue weighted by atomic mass is 15.0. The zero-order valence-corrected chi connectivity index (χ0v) is 5.50. The summed E-state index contributed by atoms with van der Waals surface area (Å²) in [6, 6.07) is 0. The van der Waals surface area contributed by atoms with Crippen molar-refractivity contribution in [1.29, 1.82) is 0 Å². The third kappa shape index (κ3) is 1.03. The lowest BCUT2D eigenvalue weighted by atomic mass is 10.5. The van der Waals surface area contributed by atoms with Crippen molar-refractivity contribution in [3.05, 3.63) is 23.4 Å². The minimum atomic E-state index is 0.252. The lowest BCUT2D eigenvalue weighted by Gasteiger charge is -1.94. The van der Waals surface area contributed by atoms with Crippen molar-refractivity contribution in [2.75, 3.05) is 5.73 Å². The molecular formula is C6H6N4. The van der Waals surface area contributed by atoms with Crippen LogP contribution in [0, 0.1) is 13.5 Å². The summed E-state index contributed by atoms with van der Waals surface area (Å²) < 4.78 is 0. The van der Waals surface area contributed by atoms with Crippen LogP contribution < -0.4 is 5.73 Å². The Kier molecular flexibility index (Phi) is 1.50. The molecular weight excluding hydrogens is 128 g/mol. The summed E-state index contributed by atoms with van der Waals surface area (Å²) in [4.78, 5) is 10.7. The lowest BCUT2D eigenvalue weighted by molar-refractivity contribution is 1.07. The summed E-state index contributed by atoms with van der Waals surface area (Å²) in [5.41, 5.74) is 5.68. The normalized spacial score (nSPS) is 8.80. The van der Waals surface area contributed by atoms with Crippen LogP contribution in [0.4, 0.5) is 11.5 Å². The van der Waals surface area contributed by atoms with Crippen LogP contribution in [0.25, 0.3) is 4.85 Å². The van der Waals surface area contributed by atoms with Crippen LogP contribution in [0.5, 0.6) is 0 Å². The minimum absolute atomic E-state index is 0.252. The molecule has 0 aromatic carbocycles. The quantitative estimate of drug-likeness (QED) is 0.537. The highest BCUT2D eigenvalue weighted by Crippen LogP contribution is 2.16. The first-order valence-corrected chi connectivity index (χ1v) is 2.70. The molecule has 50 valence electrons. The Balaban J connectivity index is 3.23. The Morgan fingerprint density at radius 3 is 2.90 bits per heavy atom. The summed E-state index contributed by atoms with van der Waals surface area (Å²) in [6.45, 7) is 8.35. The third-order valence-corrected chi connectivity index (χ3v) is 1.04. The van der Waals surface area contributed by atoms with Crippen molar-refractivity contribution < 1.29 is 0 Å². The van der Waals surface area contributed by atoms with E-state index in [1.165, 1.54) is 6.20 Å². The Hall–Kier alpha value is -1.63. The van der Waals surface area contributed by atoms with Crippen molar-refractivity contribution in [3.8, 4) is 0 Å². The van der Waals surface area contributed by atoms with Crippen LogP contribution in [0.2, 0.25) is 0 Å². The number of hydrogen-bond donors (Lipinski definition) is 1. The van der Waals surface area contributed by atoms with Gasteiger partial charge in [0.25, 0.3) is 0 Å². The van der Waals surface area contributed by atoms with Gasteiger partial charge in [-0.1, -0.05) is 0 Å². The monoisotopic (exact) mass is 134 g/mol. The second-order valence-corrected chi connectivity index (χ2v) is 1.80. The van der Waals surface area contributed by atoms with E-state index in [-0.39, 0.29) is 5.82 Å². The van der Waals surface area contributed by atoms with Gasteiger partial charge in [0.15, 0.2) is 0 Å². The van der Waals surface area contributed by atoms with E-state index in [4.69, 9.17) is 12.3 Å². The van der Waals surface area contributed by atoms with Gasteiger partial charge in [0.2, 0.25) is 5.69 Å². The van der Waals surface area contributed by atoms with Gasteiger partial charge in [-0.05, 0) is 6.92 Å². The number of anilines is 1. The summed E-state index contributed by atoms with van der Waals surface area (Å²) in [7, 11) is 0. The highest BCUT2D eigenvalue weighted by Gasteiger charge is 1.98. The zero-order chi connectivity index (χ0) is 7.56. The van der Waals surface area contributed by atoms with Crippen LogP contribution in [0.3, 0.4) is 0 Å². The van der Waals surface area contributed by atoms with Gasteiger partial charge in [-0.3, -0.25) is 4.98 Å². The summed E-state index contributed by atoms with van der Waals surface area (Å²) in [6.07, 6.45) is 1.42. The molecule has 4 nitrogen and oxygen atoms in total. The molecule has 0 atom stereocenters. The molecule has 0 amide bonds. The van der Waals surface area contributed by atoms with E-state index in [1.54, 1.807) is 6.92 Å². The molecule has 0 saturated heterocycles. The largest absolute Gasteiger partial charge is 0.392 e. The predicted octanol–water partition coefficient (Wildman–Crippen LogP) is 0.918. The van der Waals surface area contributed by atoms with E-state index in [1.807, 2.05) is 0 Å². The number of hydrogen-bond acceptors (Lipinski definition) is 3. The van der Waals surface area contributed by atoms with E-state index >= 15 is 0 Å². The number of aromatic nitrogens is 2. The van der Waals surface area contributed by atoms with Crippen molar-refractivity contribution in [2.24, 2.45) is 0 Å². The van der Waals surface area contributed by atoms with Gasteiger partial charge >= 0.3 is 0 Å². The molecule has 1 aromatic rings. The van der Waals surface area contributed by atoms with E-state index in [2.05, 4.69) is 14.8 Å². The van der Waals surface area contributed by atoms with E-state index < -0.39 is 0 Å². The van der Waals surface area contributed by atoms with Gasteiger partial charge in [0, 0.05) is 6.20 Å². The predicted molar refractivity (Wildman–Crippen MR) is 37.4 cm³/mol. The fourth-order valence-electron chi connectivity index (χ4n) is 0.567. The molecule has 0 unspecified atom stereocenters. The van der Waals surface area contributed by atoms with Crippen molar-refractivity contribution >= 4 is 11.5 Å². The Morgan fingerprint density at radius 1 is 1.70 bits per heavy atom. The van der Waals surface area contributed by atoms with Crippen molar-refractivity contribution in [2.45, 2.75) is 6.92 Å². The SMILES string of the molecule is [C-]#[N+]c1cnc(C)nc1N. The third-order valence-electron chi connectivity index (χ3n) is 1.04. The first-order chi connectivity index (χ1) is 4.74. The molecule has 0 spiro atoms. The number of nitrogens with zero attached hydrogens (tertiary/aromatic N) is 3. The smallest absolute Gasteiger partial charge is 0.245 e. The van der Waals surface area contributed by atoms with E-state index in [0.29, 0.717) is 11.5 Å². The van der Waals surface area contributed by atoms with Crippen LogP contribution in [-0.2, 0) is 0 Å². The topological polar surface area (TPSA) is 56.2 Å². The highest BCUT2D eigenvalue weighted by molar-refractivity contribution is 5.60. The molecule has 0 fully saturated rings. The molecule has 0 aliphatic carbocycles. The first kappa shape index (κ1) is 6.49. The average molecular weight is 134 g/mol. The first-order valence-electron chi connectivity index (χ1n) is 2.70. The van der Waals surface area contributed by atoms with Crippen LogP contribution in [-0.4, -0.2) is 9.97 Å². The summed E-state index contributed by atoms with van der Waals surface area (Å²) >= 11 is 0. The second kappa shape index (κ2) is 2.31. The fourth-order valence-corrected chi connectivity index (χ4v) is 0.567. The van der Waals surface area contributed by atoms with Gasteiger partial charge in [0.1, 0.15) is 11.6 Å². The molecule has 0 aliphatic rings. The summed E-state index contributed by atoms with van der Waals surface area (Å²) in [5.74, 6) is 0.840. The zero-order valence-electron chi connectivity index (χ0n) is 5.50. The van der Waals surface area contributed by atoms with E-state index in [9.17, 15) is 0 Å². The maximum absolute atomic E-state index is 6.62. The lowest BCUT2D eigenvalue weighted by Crippen LogP contribution is -1.93. The number of rotatable bonds is 0. The Bertz CT molecular complexity index is 286. The molecule has 0 bridgehead atoms. The molecule has 1 rings (SSSR count). The molecule has 10 heavy (non-hydrogen) atoms.